The fourth-order valence-electron chi connectivity index (χ4n) is 1.90. The number of fused-ring (bicyclic) bond motifs is 1. The second kappa shape index (κ2) is 5.37. The van der Waals surface area contributed by atoms with Crippen LogP contribution < -0.4 is 15.6 Å². The van der Waals surface area contributed by atoms with E-state index in [1.165, 1.54) is 0 Å². The van der Waals surface area contributed by atoms with Crippen molar-refractivity contribution in [3.05, 3.63) is 42.0 Å². The summed E-state index contributed by atoms with van der Waals surface area (Å²) in [5, 5.41) is 10.7. The standard InChI is InChI=1S/C13H14N2O3/c1-18-12-7-6-9-4-2-3-5-10(9)11(12)8-14-15-13(16)17/h2-7,14-15H,8H2,1H3,(H,16,17). The maximum Gasteiger partial charge on any atom is 0.419 e. The Morgan fingerprint density at radius 1 is 1.28 bits per heavy atom. The molecule has 0 aromatic heterocycles. The molecular weight excluding hydrogens is 232 g/mol. The van der Waals surface area contributed by atoms with E-state index in [-0.39, 0.29) is 0 Å². The average Bonchev–Trinajstić information content (AvgIpc) is 2.38. The number of hydrogen-bond donors (Lipinski definition) is 3. The van der Waals surface area contributed by atoms with E-state index in [0.717, 1.165) is 22.1 Å². The Kier molecular flexibility index (Phi) is 3.64. The highest BCUT2D eigenvalue weighted by Crippen LogP contribution is 2.27. The number of amides is 1. The zero-order valence-corrected chi connectivity index (χ0v) is 9.93. The number of carboxylic acid groups (broad SMARTS) is 1. The van der Waals surface area contributed by atoms with Crippen molar-refractivity contribution in [2.45, 2.75) is 6.54 Å². The lowest BCUT2D eigenvalue weighted by Crippen LogP contribution is -2.35. The van der Waals surface area contributed by atoms with Gasteiger partial charge in [-0.15, -0.1) is 0 Å². The van der Waals surface area contributed by atoms with Gasteiger partial charge in [-0.2, -0.15) is 0 Å². The highest BCUT2D eigenvalue weighted by molar-refractivity contribution is 5.87. The summed E-state index contributed by atoms with van der Waals surface area (Å²) in [7, 11) is 1.60. The third-order valence-corrected chi connectivity index (χ3v) is 2.68. The SMILES string of the molecule is COc1ccc2ccccc2c1CNNC(=O)O. The zero-order valence-electron chi connectivity index (χ0n) is 9.93. The molecule has 0 unspecified atom stereocenters. The summed E-state index contributed by atoms with van der Waals surface area (Å²) in [5.74, 6) is 0.730. The Hall–Kier alpha value is -2.27. The molecule has 0 spiro atoms. The van der Waals surface area contributed by atoms with Crippen LogP contribution in [0.4, 0.5) is 4.79 Å². The predicted octanol–water partition coefficient (Wildman–Crippen LogP) is 2.12. The zero-order chi connectivity index (χ0) is 13.0. The van der Waals surface area contributed by atoms with Crippen molar-refractivity contribution in [2.24, 2.45) is 0 Å². The normalized spacial score (nSPS) is 10.3. The van der Waals surface area contributed by atoms with E-state index in [1.54, 1.807) is 7.11 Å². The second-order valence-corrected chi connectivity index (χ2v) is 3.75. The molecule has 0 fully saturated rings. The molecule has 94 valence electrons. The van der Waals surface area contributed by atoms with Crippen LogP contribution in [0.25, 0.3) is 10.8 Å². The van der Waals surface area contributed by atoms with Gasteiger partial charge < -0.3 is 9.84 Å². The Labute approximate surface area is 104 Å². The van der Waals surface area contributed by atoms with E-state index in [4.69, 9.17) is 9.84 Å². The number of benzene rings is 2. The molecule has 0 aliphatic rings. The van der Waals surface area contributed by atoms with Crippen LogP contribution in [0.15, 0.2) is 36.4 Å². The minimum atomic E-state index is -1.12. The summed E-state index contributed by atoms with van der Waals surface area (Å²) >= 11 is 0. The Morgan fingerprint density at radius 2 is 2.06 bits per heavy atom. The summed E-state index contributed by atoms with van der Waals surface area (Å²) < 4.78 is 5.30. The summed E-state index contributed by atoms with van der Waals surface area (Å²) in [6.07, 6.45) is -1.12. The topological polar surface area (TPSA) is 70.6 Å². The largest absolute Gasteiger partial charge is 0.496 e. The van der Waals surface area contributed by atoms with Crippen LogP contribution in [-0.2, 0) is 6.54 Å². The van der Waals surface area contributed by atoms with Gasteiger partial charge in [0, 0.05) is 12.1 Å². The number of nitrogens with one attached hydrogen (secondary N) is 2. The molecule has 0 atom stereocenters. The minimum Gasteiger partial charge on any atom is -0.496 e. The van der Waals surface area contributed by atoms with E-state index in [2.05, 4.69) is 10.9 Å². The number of methoxy groups -OCH3 is 1. The number of carbonyl (C=O) groups is 1. The van der Waals surface area contributed by atoms with Gasteiger partial charge >= 0.3 is 6.09 Å². The molecule has 3 N–H and O–H groups in total. The molecule has 2 aromatic carbocycles. The first-order valence-electron chi connectivity index (χ1n) is 5.49. The van der Waals surface area contributed by atoms with E-state index in [9.17, 15) is 4.79 Å². The fraction of sp³-hybridized carbons (Fsp3) is 0.154. The predicted molar refractivity (Wildman–Crippen MR) is 68.5 cm³/mol. The van der Waals surface area contributed by atoms with Crippen LogP contribution in [0.3, 0.4) is 0 Å². The molecule has 1 amide bonds. The van der Waals surface area contributed by atoms with Crippen molar-refractivity contribution in [2.75, 3.05) is 7.11 Å². The number of rotatable bonds is 4. The van der Waals surface area contributed by atoms with Crippen LogP contribution in [-0.4, -0.2) is 18.3 Å². The maximum absolute atomic E-state index is 10.4. The van der Waals surface area contributed by atoms with Crippen LogP contribution in [0.1, 0.15) is 5.56 Å². The molecule has 5 nitrogen and oxygen atoms in total. The van der Waals surface area contributed by atoms with Gasteiger partial charge in [-0.1, -0.05) is 30.3 Å². The van der Waals surface area contributed by atoms with Gasteiger partial charge in [0.05, 0.1) is 7.11 Å². The van der Waals surface area contributed by atoms with Gasteiger partial charge in [-0.3, -0.25) is 5.43 Å². The average molecular weight is 246 g/mol. The molecule has 0 saturated heterocycles. The molecule has 0 bridgehead atoms. The Balaban J connectivity index is 2.35. The van der Waals surface area contributed by atoms with Crippen molar-refractivity contribution in [3.63, 3.8) is 0 Å². The quantitative estimate of drug-likeness (QED) is 0.723. The van der Waals surface area contributed by atoms with Gasteiger partial charge in [0.2, 0.25) is 0 Å². The molecule has 0 aliphatic heterocycles. The summed E-state index contributed by atoms with van der Waals surface area (Å²) in [4.78, 5) is 10.4. The highest BCUT2D eigenvalue weighted by Gasteiger charge is 2.07. The van der Waals surface area contributed by atoms with Gasteiger partial charge in [0.1, 0.15) is 5.75 Å². The summed E-state index contributed by atoms with van der Waals surface area (Å²) in [6, 6.07) is 11.7. The first-order chi connectivity index (χ1) is 8.72. The monoisotopic (exact) mass is 246 g/mol. The highest BCUT2D eigenvalue weighted by atomic mass is 16.5. The van der Waals surface area contributed by atoms with E-state index in [1.807, 2.05) is 36.4 Å². The van der Waals surface area contributed by atoms with Gasteiger partial charge in [0.15, 0.2) is 0 Å². The maximum atomic E-state index is 10.4. The van der Waals surface area contributed by atoms with Gasteiger partial charge in [0.25, 0.3) is 0 Å². The third-order valence-electron chi connectivity index (χ3n) is 2.68. The molecule has 0 radical (unpaired) electrons. The van der Waals surface area contributed by atoms with E-state index in [0.29, 0.717) is 6.54 Å². The van der Waals surface area contributed by atoms with Crippen molar-refractivity contribution in [3.8, 4) is 5.75 Å². The lowest BCUT2D eigenvalue weighted by molar-refractivity contribution is 0.188. The molecule has 0 saturated carbocycles. The van der Waals surface area contributed by atoms with Gasteiger partial charge in [-0.25, -0.2) is 10.2 Å². The molecule has 18 heavy (non-hydrogen) atoms. The first-order valence-corrected chi connectivity index (χ1v) is 5.49. The fourth-order valence-corrected chi connectivity index (χ4v) is 1.90. The smallest absolute Gasteiger partial charge is 0.419 e. The van der Waals surface area contributed by atoms with Crippen LogP contribution in [0.2, 0.25) is 0 Å². The lowest BCUT2D eigenvalue weighted by atomic mass is 10.0. The van der Waals surface area contributed by atoms with E-state index < -0.39 is 6.09 Å². The minimum absolute atomic E-state index is 0.358. The van der Waals surface area contributed by atoms with Crippen LogP contribution >= 0.6 is 0 Å². The molecule has 0 aliphatic carbocycles. The summed E-state index contributed by atoms with van der Waals surface area (Å²) in [6.45, 7) is 0.358. The number of hydrazine groups is 1. The third kappa shape index (κ3) is 2.52. The lowest BCUT2D eigenvalue weighted by Gasteiger charge is -2.12. The van der Waals surface area contributed by atoms with Crippen molar-refractivity contribution < 1.29 is 14.6 Å². The molecule has 2 rings (SSSR count). The van der Waals surface area contributed by atoms with Gasteiger partial charge in [-0.05, 0) is 16.8 Å². The molecule has 0 heterocycles. The summed E-state index contributed by atoms with van der Waals surface area (Å²) in [5.41, 5.74) is 5.68. The molecular formula is C13H14N2O3. The van der Waals surface area contributed by atoms with E-state index >= 15 is 0 Å². The molecule has 2 aromatic rings. The first kappa shape index (κ1) is 12.2. The van der Waals surface area contributed by atoms with Crippen molar-refractivity contribution in [1.29, 1.82) is 0 Å². The number of hydrogen-bond acceptors (Lipinski definition) is 3. The number of ether oxygens (including phenoxy) is 1. The van der Waals surface area contributed by atoms with Crippen LogP contribution in [0.5, 0.6) is 5.75 Å². The molecule has 5 heteroatoms. The van der Waals surface area contributed by atoms with Crippen molar-refractivity contribution >= 4 is 16.9 Å². The van der Waals surface area contributed by atoms with Crippen LogP contribution in [0, 0.1) is 0 Å². The van der Waals surface area contributed by atoms with Crippen molar-refractivity contribution in [1.82, 2.24) is 10.9 Å². The Morgan fingerprint density at radius 3 is 2.78 bits per heavy atom. The Bertz CT molecular complexity index is 569. The second-order valence-electron chi connectivity index (χ2n) is 3.75.